The molecule has 9 heavy (non-hydrogen) atoms. The maximum atomic E-state index is 3.45. The van der Waals surface area contributed by atoms with E-state index in [9.17, 15) is 0 Å². The van der Waals surface area contributed by atoms with Crippen LogP contribution in [0.15, 0.2) is 0 Å². The third-order valence-corrected chi connectivity index (χ3v) is 3.89. The van der Waals surface area contributed by atoms with Crippen molar-refractivity contribution in [1.82, 2.24) is 4.98 Å². The molecular formula is C7H19NSi. The molecule has 0 aliphatic carbocycles. The van der Waals surface area contributed by atoms with Crippen LogP contribution in [-0.4, -0.2) is 16.2 Å². The Bertz CT molecular complexity index is 56.9. The zero-order valence-corrected chi connectivity index (χ0v) is 8.32. The van der Waals surface area contributed by atoms with Crippen LogP contribution >= 0.6 is 0 Å². The summed E-state index contributed by atoms with van der Waals surface area (Å²) in [6, 6.07) is 1.46. The molecular weight excluding hydrogens is 126 g/mol. The smallest absolute Gasteiger partial charge is 0.0918 e. The van der Waals surface area contributed by atoms with Crippen molar-refractivity contribution in [2.45, 2.75) is 33.2 Å². The van der Waals surface area contributed by atoms with E-state index in [-0.39, 0.29) is 9.68 Å². The molecule has 0 saturated carbocycles. The molecule has 0 aromatic carbocycles. The highest BCUT2D eigenvalue weighted by atomic mass is 28.2. The van der Waals surface area contributed by atoms with E-state index in [1.807, 2.05) is 0 Å². The summed E-state index contributed by atoms with van der Waals surface area (Å²) < 4.78 is 0. The summed E-state index contributed by atoms with van der Waals surface area (Å²) in [6.07, 6.45) is 1.35. The lowest BCUT2D eigenvalue weighted by Gasteiger charge is -2.06. The fourth-order valence-electron chi connectivity index (χ4n) is 0.729. The number of nitrogens with one attached hydrogen (secondary N) is 1. The van der Waals surface area contributed by atoms with E-state index in [0.29, 0.717) is 0 Å². The Morgan fingerprint density at radius 1 is 1.44 bits per heavy atom. The maximum Gasteiger partial charge on any atom is 0.0918 e. The van der Waals surface area contributed by atoms with Gasteiger partial charge in [0.05, 0.1) is 9.68 Å². The highest BCUT2D eigenvalue weighted by molar-refractivity contribution is 6.32. The van der Waals surface area contributed by atoms with Crippen LogP contribution in [0.4, 0.5) is 0 Å². The standard InChI is InChI=1S/C7H19NSi/c1-4-7(3)6-9-8-5-2/h7-8H,4-6,9H2,1-3H3. The predicted molar refractivity (Wildman–Crippen MR) is 46.5 cm³/mol. The third-order valence-electron chi connectivity index (χ3n) is 1.76. The van der Waals surface area contributed by atoms with Crippen molar-refractivity contribution in [2.75, 3.05) is 6.54 Å². The molecule has 0 radical (unpaired) electrons. The first kappa shape index (κ1) is 9.18. The van der Waals surface area contributed by atoms with Gasteiger partial charge in [0.2, 0.25) is 0 Å². The SMILES string of the molecule is CCN[SiH2]CC(C)CC. The fourth-order valence-corrected chi connectivity index (χ4v) is 2.19. The summed E-state index contributed by atoms with van der Waals surface area (Å²) in [4.78, 5) is 3.45. The average Bonchev–Trinajstić information content (AvgIpc) is 1.89. The molecule has 0 amide bonds. The molecule has 0 aromatic heterocycles. The second kappa shape index (κ2) is 6.30. The molecule has 0 saturated heterocycles. The molecule has 0 spiro atoms. The van der Waals surface area contributed by atoms with Crippen molar-refractivity contribution in [3.05, 3.63) is 0 Å². The predicted octanol–water partition coefficient (Wildman–Crippen LogP) is 1.14. The van der Waals surface area contributed by atoms with Crippen LogP contribution in [-0.2, 0) is 0 Å². The molecule has 56 valence electrons. The van der Waals surface area contributed by atoms with E-state index >= 15 is 0 Å². The van der Waals surface area contributed by atoms with Gasteiger partial charge in [0.15, 0.2) is 0 Å². The van der Waals surface area contributed by atoms with E-state index in [2.05, 4.69) is 25.8 Å². The quantitative estimate of drug-likeness (QED) is 0.452. The number of rotatable bonds is 5. The molecule has 0 bridgehead atoms. The van der Waals surface area contributed by atoms with Gasteiger partial charge < -0.3 is 4.98 Å². The third kappa shape index (κ3) is 6.06. The summed E-state index contributed by atoms with van der Waals surface area (Å²) >= 11 is 0. The van der Waals surface area contributed by atoms with Gasteiger partial charge in [0, 0.05) is 0 Å². The second-order valence-electron chi connectivity index (χ2n) is 2.66. The van der Waals surface area contributed by atoms with Crippen molar-refractivity contribution >= 4 is 9.68 Å². The maximum absolute atomic E-state index is 3.45. The zero-order valence-electron chi connectivity index (χ0n) is 6.91. The van der Waals surface area contributed by atoms with Crippen molar-refractivity contribution in [2.24, 2.45) is 5.92 Å². The lowest BCUT2D eigenvalue weighted by Crippen LogP contribution is -2.19. The summed E-state index contributed by atoms with van der Waals surface area (Å²) in [6.45, 7) is 7.96. The van der Waals surface area contributed by atoms with Crippen LogP contribution < -0.4 is 4.98 Å². The van der Waals surface area contributed by atoms with Crippen LogP contribution in [0.1, 0.15) is 27.2 Å². The molecule has 0 heterocycles. The van der Waals surface area contributed by atoms with Gasteiger partial charge in [-0.2, -0.15) is 0 Å². The Hall–Kier alpha value is 0.177. The summed E-state index contributed by atoms with van der Waals surface area (Å²) in [5, 5.41) is 0. The van der Waals surface area contributed by atoms with Gasteiger partial charge in [0.1, 0.15) is 0 Å². The van der Waals surface area contributed by atoms with Crippen LogP contribution in [0.25, 0.3) is 0 Å². The highest BCUT2D eigenvalue weighted by Crippen LogP contribution is 2.04. The van der Waals surface area contributed by atoms with E-state index in [1.165, 1.54) is 19.0 Å². The normalized spacial score (nSPS) is 15.0. The Morgan fingerprint density at radius 3 is 2.56 bits per heavy atom. The van der Waals surface area contributed by atoms with E-state index in [4.69, 9.17) is 0 Å². The first-order valence-electron chi connectivity index (χ1n) is 4.02. The topological polar surface area (TPSA) is 12.0 Å². The molecule has 1 nitrogen and oxygen atoms in total. The lowest BCUT2D eigenvalue weighted by atomic mass is 10.2. The summed E-state index contributed by atoms with van der Waals surface area (Å²) in [5.41, 5.74) is 0. The fraction of sp³-hybridized carbons (Fsp3) is 1.00. The van der Waals surface area contributed by atoms with Gasteiger partial charge in [-0.05, 0) is 18.5 Å². The largest absolute Gasteiger partial charge is 0.342 e. The van der Waals surface area contributed by atoms with Crippen molar-refractivity contribution in [3.8, 4) is 0 Å². The first-order valence-corrected chi connectivity index (χ1v) is 5.72. The lowest BCUT2D eigenvalue weighted by molar-refractivity contribution is 0.619. The summed E-state index contributed by atoms with van der Waals surface area (Å²) in [7, 11) is 0.103. The Balaban J connectivity index is 2.88. The molecule has 1 atom stereocenters. The average molecular weight is 145 g/mol. The monoisotopic (exact) mass is 145 g/mol. The van der Waals surface area contributed by atoms with E-state index < -0.39 is 0 Å². The van der Waals surface area contributed by atoms with Crippen LogP contribution in [0.2, 0.25) is 6.04 Å². The van der Waals surface area contributed by atoms with Gasteiger partial charge in [-0.25, -0.2) is 0 Å². The first-order chi connectivity index (χ1) is 4.31. The Morgan fingerprint density at radius 2 is 2.11 bits per heavy atom. The Labute approximate surface area is 61.1 Å². The number of hydrogen-bond donors (Lipinski definition) is 1. The molecule has 2 heteroatoms. The van der Waals surface area contributed by atoms with Crippen LogP contribution in [0, 0.1) is 5.92 Å². The van der Waals surface area contributed by atoms with E-state index in [0.717, 1.165) is 5.92 Å². The molecule has 1 unspecified atom stereocenters. The molecule has 0 aromatic rings. The molecule has 0 fully saturated rings. The molecule has 0 aliphatic heterocycles. The Kier molecular flexibility index (Phi) is 6.42. The van der Waals surface area contributed by atoms with Crippen LogP contribution in [0.3, 0.4) is 0 Å². The highest BCUT2D eigenvalue weighted by Gasteiger charge is 1.96. The molecule has 0 aliphatic rings. The van der Waals surface area contributed by atoms with Gasteiger partial charge >= 0.3 is 0 Å². The van der Waals surface area contributed by atoms with Gasteiger partial charge in [-0.3, -0.25) is 0 Å². The van der Waals surface area contributed by atoms with Gasteiger partial charge in [-0.1, -0.05) is 27.2 Å². The minimum Gasteiger partial charge on any atom is -0.342 e. The van der Waals surface area contributed by atoms with Crippen molar-refractivity contribution < 1.29 is 0 Å². The minimum atomic E-state index is 0.103. The minimum absolute atomic E-state index is 0.103. The van der Waals surface area contributed by atoms with Gasteiger partial charge in [0.25, 0.3) is 0 Å². The van der Waals surface area contributed by atoms with E-state index in [1.54, 1.807) is 0 Å². The van der Waals surface area contributed by atoms with Crippen molar-refractivity contribution in [3.63, 3.8) is 0 Å². The van der Waals surface area contributed by atoms with Gasteiger partial charge in [-0.15, -0.1) is 0 Å². The van der Waals surface area contributed by atoms with Crippen molar-refractivity contribution in [1.29, 1.82) is 0 Å². The summed E-state index contributed by atoms with van der Waals surface area (Å²) in [5.74, 6) is 0.954. The van der Waals surface area contributed by atoms with Crippen LogP contribution in [0.5, 0.6) is 0 Å². The second-order valence-corrected chi connectivity index (χ2v) is 4.23. The molecule has 1 N–H and O–H groups in total. The molecule has 0 rings (SSSR count). The number of hydrogen-bond acceptors (Lipinski definition) is 1. The zero-order chi connectivity index (χ0) is 7.11.